The summed E-state index contributed by atoms with van der Waals surface area (Å²) in [5.74, 6) is -0.339. The molecule has 0 saturated carbocycles. The molecular formula is C18H26N2O4S. The van der Waals surface area contributed by atoms with Gasteiger partial charge < -0.3 is 4.90 Å². The van der Waals surface area contributed by atoms with E-state index in [4.69, 9.17) is 0 Å². The minimum Gasteiger partial charge on any atom is -0.338 e. The summed E-state index contributed by atoms with van der Waals surface area (Å²) in [6.07, 6.45) is 4.94. The largest absolute Gasteiger partial charge is 0.338 e. The van der Waals surface area contributed by atoms with E-state index in [0.29, 0.717) is 17.8 Å². The van der Waals surface area contributed by atoms with Gasteiger partial charge in [-0.2, -0.15) is 0 Å². The lowest BCUT2D eigenvalue weighted by atomic mass is 10.00. The number of rotatable bonds is 6. The van der Waals surface area contributed by atoms with Crippen LogP contribution in [0.2, 0.25) is 0 Å². The van der Waals surface area contributed by atoms with Crippen LogP contribution in [0, 0.1) is 0 Å². The Morgan fingerprint density at radius 1 is 1.28 bits per heavy atom. The molecule has 1 saturated heterocycles. The number of carbonyl (C=O) groups excluding carboxylic acids is 2. The Kier molecular flexibility index (Phi) is 6.21. The molecule has 0 radical (unpaired) electrons. The van der Waals surface area contributed by atoms with Gasteiger partial charge in [-0.3, -0.25) is 13.9 Å². The van der Waals surface area contributed by atoms with Crippen LogP contribution in [0.1, 0.15) is 49.9 Å². The van der Waals surface area contributed by atoms with Crippen molar-refractivity contribution < 1.29 is 18.0 Å². The lowest BCUT2D eigenvalue weighted by Gasteiger charge is -2.36. The van der Waals surface area contributed by atoms with Crippen molar-refractivity contribution in [3.63, 3.8) is 0 Å². The molecule has 0 bridgehead atoms. The zero-order valence-corrected chi connectivity index (χ0v) is 15.9. The number of hydrogen-bond donors (Lipinski definition) is 0. The number of anilines is 1. The number of nitrogens with zero attached hydrogens (tertiary/aromatic N) is 2. The number of benzene rings is 1. The molecule has 1 aliphatic heterocycles. The Hall–Kier alpha value is -1.89. The van der Waals surface area contributed by atoms with E-state index in [1.165, 1.54) is 13.0 Å². The van der Waals surface area contributed by atoms with Crippen molar-refractivity contribution in [1.82, 2.24) is 4.90 Å². The van der Waals surface area contributed by atoms with Crippen LogP contribution in [0.15, 0.2) is 24.3 Å². The summed E-state index contributed by atoms with van der Waals surface area (Å²) in [4.78, 5) is 26.1. The van der Waals surface area contributed by atoms with Crippen molar-refractivity contribution in [3.8, 4) is 0 Å². The van der Waals surface area contributed by atoms with Gasteiger partial charge in [0.15, 0.2) is 5.78 Å². The smallest absolute Gasteiger partial charge is 0.243 e. The number of Topliss-reactive ketones (excluding diaryl/α,β-unsaturated/α-hetero) is 1. The lowest BCUT2D eigenvalue weighted by molar-refractivity contribution is -0.133. The van der Waals surface area contributed by atoms with Crippen LogP contribution in [0.4, 0.5) is 5.69 Å². The molecule has 1 aliphatic rings. The molecule has 7 heteroatoms. The molecule has 1 fully saturated rings. The fourth-order valence-corrected chi connectivity index (χ4v) is 4.09. The molecule has 0 aliphatic carbocycles. The highest BCUT2D eigenvalue weighted by Gasteiger charge is 2.29. The highest BCUT2D eigenvalue weighted by atomic mass is 32.2. The number of hydrogen-bond acceptors (Lipinski definition) is 4. The molecule has 0 spiro atoms. The summed E-state index contributed by atoms with van der Waals surface area (Å²) in [5, 5.41) is 0. The van der Waals surface area contributed by atoms with Gasteiger partial charge >= 0.3 is 0 Å². The molecule has 1 amide bonds. The maximum absolute atomic E-state index is 12.8. The van der Waals surface area contributed by atoms with Crippen LogP contribution >= 0.6 is 0 Å². The zero-order chi connectivity index (χ0) is 18.6. The molecule has 1 aromatic carbocycles. The Balaban J connectivity index is 2.28. The third-order valence-corrected chi connectivity index (χ3v) is 5.78. The second-order valence-electron chi connectivity index (χ2n) is 6.52. The maximum atomic E-state index is 12.8. The number of sulfonamides is 1. The van der Waals surface area contributed by atoms with Gasteiger partial charge in [-0.1, -0.05) is 19.1 Å². The standard InChI is InChI=1S/C18H26N2O4S/c1-4-16-9-5-6-11-19(16)18(22)13-20(25(3,23)24)17-10-7-8-15(12-17)14(2)21/h7-8,10,12,16H,4-6,9,11,13H2,1-3H3. The van der Waals surface area contributed by atoms with Crippen LogP contribution in [-0.4, -0.2) is 50.4 Å². The van der Waals surface area contributed by atoms with Gasteiger partial charge in [0.1, 0.15) is 6.54 Å². The van der Waals surface area contributed by atoms with E-state index >= 15 is 0 Å². The van der Waals surface area contributed by atoms with Crippen LogP contribution in [0.3, 0.4) is 0 Å². The lowest BCUT2D eigenvalue weighted by Crippen LogP contribution is -2.48. The summed E-state index contributed by atoms with van der Waals surface area (Å²) in [6.45, 7) is 3.90. The topological polar surface area (TPSA) is 74.8 Å². The number of piperidine rings is 1. The van der Waals surface area contributed by atoms with Crippen molar-refractivity contribution in [2.45, 2.75) is 45.6 Å². The van der Waals surface area contributed by atoms with Gasteiger partial charge in [0.2, 0.25) is 15.9 Å². The molecular weight excluding hydrogens is 340 g/mol. The third-order valence-electron chi connectivity index (χ3n) is 4.64. The highest BCUT2D eigenvalue weighted by Crippen LogP contribution is 2.23. The van der Waals surface area contributed by atoms with E-state index < -0.39 is 10.0 Å². The van der Waals surface area contributed by atoms with Gasteiger partial charge in [-0.05, 0) is 44.7 Å². The molecule has 2 rings (SSSR count). The Morgan fingerprint density at radius 3 is 2.60 bits per heavy atom. The first-order chi connectivity index (χ1) is 11.7. The van der Waals surface area contributed by atoms with E-state index in [2.05, 4.69) is 0 Å². The van der Waals surface area contributed by atoms with Crippen LogP contribution in [-0.2, 0) is 14.8 Å². The Bertz CT molecular complexity index is 745. The number of amides is 1. The summed E-state index contributed by atoms with van der Waals surface area (Å²) in [7, 11) is -3.64. The molecule has 25 heavy (non-hydrogen) atoms. The van der Waals surface area contributed by atoms with E-state index in [1.54, 1.807) is 23.1 Å². The van der Waals surface area contributed by atoms with Crippen molar-refractivity contribution in [3.05, 3.63) is 29.8 Å². The number of ketones is 1. The van der Waals surface area contributed by atoms with Crippen molar-refractivity contribution in [2.24, 2.45) is 0 Å². The number of likely N-dealkylation sites (tertiary alicyclic amines) is 1. The minimum atomic E-state index is -3.64. The summed E-state index contributed by atoms with van der Waals surface area (Å²) >= 11 is 0. The summed E-state index contributed by atoms with van der Waals surface area (Å²) in [5.41, 5.74) is 0.761. The summed E-state index contributed by atoms with van der Waals surface area (Å²) < 4.78 is 25.6. The normalized spacial score (nSPS) is 18.0. The van der Waals surface area contributed by atoms with Gasteiger partial charge in [0.25, 0.3) is 0 Å². The van der Waals surface area contributed by atoms with Crippen LogP contribution in [0.5, 0.6) is 0 Å². The fraction of sp³-hybridized carbons (Fsp3) is 0.556. The van der Waals surface area contributed by atoms with Gasteiger partial charge in [-0.25, -0.2) is 8.42 Å². The average molecular weight is 366 g/mol. The van der Waals surface area contributed by atoms with Gasteiger partial charge in [0.05, 0.1) is 11.9 Å². The van der Waals surface area contributed by atoms with E-state index in [0.717, 1.165) is 36.2 Å². The van der Waals surface area contributed by atoms with Crippen LogP contribution in [0.25, 0.3) is 0 Å². The Labute approximate surface area is 149 Å². The quantitative estimate of drug-likeness (QED) is 0.725. The molecule has 1 atom stereocenters. The SMILES string of the molecule is CCC1CCCCN1C(=O)CN(c1cccc(C(C)=O)c1)S(C)(=O)=O. The van der Waals surface area contributed by atoms with Gasteiger partial charge in [0, 0.05) is 18.2 Å². The molecule has 1 unspecified atom stereocenters. The molecule has 138 valence electrons. The minimum absolute atomic E-state index is 0.149. The first-order valence-corrected chi connectivity index (χ1v) is 10.5. The zero-order valence-electron chi connectivity index (χ0n) is 15.1. The number of carbonyl (C=O) groups is 2. The van der Waals surface area contributed by atoms with E-state index in [-0.39, 0.29) is 24.3 Å². The highest BCUT2D eigenvalue weighted by molar-refractivity contribution is 7.92. The van der Waals surface area contributed by atoms with Crippen molar-refractivity contribution >= 4 is 27.4 Å². The van der Waals surface area contributed by atoms with Gasteiger partial charge in [-0.15, -0.1) is 0 Å². The second kappa shape index (κ2) is 7.99. The predicted octanol–water partition coefficient (Wildman–Crippen LogP) is 2.45. The summed E-state index contributed by atoms with van der Waals surface area (Å²) in [6, 6.07) is 6.56. The fourth-order valence-electron chi connectivity index (χ4n) is 3.25. The van der Waals surface area contributed by atoms with Crippen molar-refractivity contribution in [2.75, 3.05) is 23.7 Å². The molecule has 0 aromatic heterocycles. The monoisotopic (exact) mass is 366 g/mol. The van der Waals surface area contributed by atoms with E-state index in [9.17, 15) is 18.0 Å². The molecule has 1 aromatic rings. The third kappa shape index (κ3) is 4.81. The maximum Gasteiger partial charge on any atom is 0.243 e. The van der Waals surface area contributed by atoms with Crippen molar-refractivity contribution in [1.29, 1.82) is 0 Å². The predicted molar refractivity (Wildman–Crippen MR) is 98.3 cm³/mol. The average Bonchev–Trinajstić information content (AvgIpc) is 2.58. The van der Waals surface area contributed by atoms with Crippen LogP contribution < -0.4 is 4.31 Å². The molecule has 6 nitrogen and oxygen atoms in total. The van der Waals surface area contributed by atoms with E-state index in [1.807, 2.05) is 6.92 Å². The molecule has 1 heterocycles. The Morgan fingerprint density at radius 2 is 2.00 bits per heavy atom. The first kappa shape index (κ1) is 19.4. The first-order valence-electron chi connectivity index (χ1n) is 8.62. The second-order valence-corrected chi connectivity index (χ2v) is 8.43. The molecule has 0 N–H and O–H groups in total.